The number of hydrogen-bond donors (Lipinski definition) is 1. The molecule has 2 amide bonds. The Morgan fingerprint density at radius 2 is 1.81 bits per heavy atom. The van der Waals surface area contributed by atoms with Gasteiger partial charge in [-0.3, -0.25) is 9.59 Å². The van der Waals surface area contributed by atoms with E-state index in [0.29, 0.717) is 25.9 Å². The summed E-state index contributed by atoms with van der Waals surface area (Å²) in [7, 11) is 0. The van der Waals surface area contributed by atoms with Gasteiger partial charge in [0.05, 0.1) is 5.41 Å². The van der Waals surface area contributed by atoms with Crippen LogP contribution < -0.4 is 5.32 Å². The molecule has 31 heavy (non-hydrogen) atoms. The van der Waals surface area contributed by atoms with Crippen molar-refractivity contribution in [2.75, 3.05) is 13.1 Å². The standard InChI is InChI=1S/C26H31FN2O2/c1-25(2,3)28-24(31)26(13-14-29(17-26)23(30)20-7-8-20)16-18-5-4-6-21(15-18)19-9-11-22(27)12-10-19/h4-6,9-12,15,20H,7-8,13-14,16-17H2,1-3H3,(H,28,31). The molecule has 0 radical (unpaired) electrons. The van der Waals surface area contributed by atoms with Gasteiger partial charge in [0.1, 0.15) is 5.82 Å². The minimum absolute atomic E-state index is 0.0123. The van der Waals surface area contributed by atoms with E-state index in [0.717, 1.165) is 29.5 Å². The third kappa shape index (κ3) is 4.97. The van der Waals surface area contributed by atoms with E-state index in [2.05, 4.69) is 11.4 Å². The molecule has 2 fully saturated rings. The zero-order valence-electron chi connectivity index (χ0n) is 18.6. The van der Waals surface area contributed by atoms with E-state index in [9.17, 15) is 14.0 Å². The van der Waals surface area contributed by atoms with E-state index in [4.69, 9.17) is 0 Å². The van der Waals surface area contributed by atoms with Crippen LogP contribution in [0.4, 0.5) is 4.39 Å². The maximum atomic E-state index is 13.4. The fraction of sp³-hybridized carbons (Fsp3) is 0.462. The average molecular weight is 423 g/mol. The van der Waals surface area contributed by atoms with Crippen molar-refractivity contribution in [2.24, 2.45) is 11.3 Å². The predicted molar refractivity (Wildman–Crippen MR) is 120 cm³/mol. The van der Waals surface area contributed by atoms with Gasteiger partial charge in [0.15, 0.2) is 0 Å². The lowest BCUT2D eigenvalue weighted by Crippen LogP contribution is -2.51. The van der Waals surface area contributed by atoms with Gasteiger partial charge in [-0.15, -0.1) is 0 Å². The molecule has 1 aliphatic carbocycles. The molecule has 0 bridgehead atoms. The van der Waals surface area contributed by atoms with Gasteiger partial charge in [-0.05, 0) is 75.3 Å². The van der Waals surface area contributed by atoms with Crippen molar-refractivity contribution in [3.8, 4) is 11.1 Å². The number of nitrogens with zero attached hydrogens (tertiary/aromatic N) is 1. The molecule has 0 spiro atoms. The topological polar surface area (TPSA) is 49.4 Å². The Balaban J connectivity index is 1.60. The van der Waals surface area contributed by atoms with Crippen LogP contribution >= 0.6 is 0 Å². The van der Waals surface area contributed by atoms with E-state index in [1.807, 2.05) is 43.9 Å². The van der Waals surface area contributed by atoms with E-state index in [1.54, 1.807) is 12.1 Å². The highest BCUT2D eigenvalue weighted by Crippen LogP contribution is 2.39. The Bertz CT molecular complexity index is 976. The van der Waals surface area contributed by atoms with Crippen LogP contribution in [0.25, 0.3) is 11.1 Å². The molecule has 164 valence electrons. The zero-order chi connectivity index (χ0) is 22.2. The Morgan fingerprint density at radius 3 is 2.45 bits per heavy atom. The Hall–Kier alpha value is -2.69. The highest BCUT2D eigenvalue weighted by Gasteiger charge is 2.48. The second-order valence-corrected chi connectivity index (χ2v) is 10.2. The van der Waals surface area contributed by atoms with Gasteiger partial charge in [0.2, 0.25) is 11.8 Å². The molecule has 4 nitrogen and oxygen atoms in total. The van der Waals surface area contributed by atoms with Crippen molar-refractivity contribution in [3.63, 3.8) is 0 Å². The number of halogens is 1. The highest BCUT2D eigenvalue weighted by molar-refractivity contribution is 5.87. The SMILES string of the molecule is CC(C)(C)NC(=O)C1(Cc2cccc(-c3ccc(F)cc3)c2)CCN(C(=O)C2CC2)C1. The van der Waals surface area contributed by atoms with Crippen molar-refractivity contribution in [1.82, 2.24) is 10.2 Å². The number of carbonyl (C=O) groups is 2. The number of carbonyl (C=O) groups excluding carboxylic acids is 2. The quantitative estimate of drug-likeness (QED) is 0.767. The van der Waals surface area contributed by atoms with Crippen LogP contribution in [-0.4, -0.2) is 35.3 Å². The van der Waals surface area contributed by atoms with E-state index in [-0.39, 0.29) is 29.1 Å². The fourth-order valence-electron chi connectivity index (χ4n) is 4.43. The number of amides is 2. The summed E-state index contributed by atoms with van der Waals surface area (Å²) in [6, 6.07) is 14.5. The van der Waals surface area contributed by atoms with Crippen LogP contribution in [0.2, 0.25) is 0 Å². The first-order chi connectivity index (χ1) is 14.7. The molecule has 4 rings (SSSR count). The molecule has 1 N–H and O–H groups in total. The number of nitrogens with one attached hydrogen (secondary N) is 1. The smallest absolute Gasteiger partial charge is 0.228 e. The fourth-order valence-corrected chi connectivity index (χ4v) is 4.43. The lowest BCUT2D eigenvalue weighted by Gasteiger charge is -2.32. The van der Waals surface area contributed by atoms with Crippen LogP contribution in [0.1, 0.15) is 45.6 Å². The van der Waals surface area contributed by atoms with Crippen molar-refractivity contribution in [1.29, 1.82) is 0 Å². The summed E-state index contributed by atoms with van der Waals surface area (Å²) in [6.45, 7) is 7.04. The molecule has 2 aromatic rings. The molecule has 1 aliphatic heterocycles. The monoisotopic (exact) mass is 422 g/mol. The van der Waals surface area contributed by atoms with Crippen LogP contribution in [0.3, 0.4) is 0 Å². The van der Waals surface area contributed by atoms with E-state index < -0.39 is 5.41 Å². The van der Waals surface area contributed by atoms with Crippen LogP contribution in [0, 0.1) is 17.2 Å². The first-order valence-electron chi connectivity index (χ1n) is 11.1. The molecular weight excluding hydrogens is 391 g/mol. The second-order valence-electron chi connectivity index (χ2n) is 10.2. The number of likely N-dealkylation sites (tertiary alicyclic amines) is 1. The molecular formula is C26H31FN2O2. The summed E-state index contributed by atoms with van der Waals surface area (Å²) in [5.41, 5.74) is 2.00. The van der Waals surface area contributed by atoms with Crippen LogP contribution in [0.15, 0.2) is 48.5 Å². The minimum atomic E-state index is -0.640. The Kier molecular flexibility index (Phi) is 5.63. The second kappa shape index (κ2) is 8.10. The summed E-state index contributed by atoms with van der Waals surface area (Å²) >= 11 is 0. The highest BCUT2D eigenvalue weighted by atomic mass is 19.1. The first kappa shape index (κ1) is 21.5. The molecule has 1 atom stereocenters. The van der Waals surface area contributed by atoms with Gasteiger partial charge in [0, 0.05) is 24.5 Å². The average Bonchev–Trinajstić information content (AvgIpc) is 3.47. The summed E-state index contributed by atoms with van der Waals surface area (Å²) in [5.74, 6) is 0.108. The van der Waals surface area contributed by atoms with Gasteiger partial charge < -0.3 is 10.2 Å². The zero-order valence-corrected chi connectivity index (χ0v) is 18.6. The largest absolute Gasteiger partial charge is 0.351 e. The van der Waals surface area contributed by atoms with Gasteiger partial charge in [-0.25, -0.2) is 4.39 Å². The summed E-state index contributed by atoms with van der Waals surface area (Å²) in [4.78, 5) is 28.0. The molecule has 1 saturated carbocycles. The molecule has 1 saturated heterocycles. The van der Waals surface area contributed by atoms with E-state index >= 15 is 0 Å². The molecule has 1 unspecified atom stereocenters. The molecule has 5 heteroatoms. The van der Waals surface area contributed by atoms with Gasteiger partial charge in [-0.2, -0.15) is 0 Å². The lowest BCUT2D eigenvalue weighted by molar-refractivity contribution is -0.134. The van der Waals surface area contributed by atoms with Crippen molar-refractivity contribution < 1.29 is 14.0 Å². The number of benzene rings is 2. The van der Waals surface area contributed by atoms with Crippen LogP contribution in [-0.2, 0) is 16.0 Å². The molecule has 2 aliphatic rings. The Morgan fingerprint density at radius 1 is 1.10 bits per heavy atom. The van der Waals surface area contributed by atoms with E-state index in [1.165, 1.54) is 12.1 Å². The normalized spacial score (nSPS) is 21.2. The van der Waals surface area contributed by atoms with Crippen LogP contribution in [0.5, 0.6) is 0 Å². The Labute approximate surface area is 183 Å². The number of hydrogen-bond acceptors (Lipinski definition) is 2. The van der Waals surface area contributed by atoms with Gasteiger partial charge in [0.25, 0.3) is 0 Å². The van der Waals surface area contributed by atoms with Crippen molar-refractivity contribution >= 4 is 11.8 Å². The van der Waals surface area contributed by atoms with Gasteiger partial charge in [-0.1, -0.05) is 36.4 Å². The third-order valence-corrected chi connectivity index (χ3v) is 6.21. The first-order valence-corrected chi connectivity index (χ1v) is 11.1. The maximum Gasteiger partial charge on any atom is 0.228 e. The maximum absolute atomic E-state index is 13.4. The van der Waals surface area contributed by atoms with Gasteiger partial charge >= 0.3 is 0 Å². The summed E-state index contributed by atoms with van der Waals surface area (Å²) in [5, 5.41) is 3.16. The third-order valence-electron chi connectivity index (χ3n) is 6.21. The summed E-state index contributed by atoms with van der Waals surface area (Å²) in [6.07, 6.45) is 3.17. The molecule has 1 heterocycles. The van der Waals surface area contributed by atoms with Crippen molar-refractivity contribution in [2.45, 2.75) is 52.0 Å². The molecule has 2 aromatic carbocycles. The van der Waals surface area contributed by atoms with Crippen molar-refractivity contribution in [3.05, 3.63) is 59.9 Å². The minimum Gasteiger partial charge on any atom is -0.351 e. The number of rotatable bonds is 5. The molecule has 0 aromatic heterocycles. The lowest BCUT2D eigenvalue weighted by atomic mass is 9.78. The predicted octanol–water partition coefficient (Wildman–Crippen LogP) is 4.58. The summed E-state index contributed by atoms with van der Waals surface area (Å²) < 4.78 is 13.3.